The number of nitrogens with one attached hydrogen (secondary N) is 1. The van der Waals surface area contributed by atoms with Gasteiger partial charge in [0.2, 0.25) is 5.91 Å². The van der Waals surface area contributed by atoms with Crippen LogP contribution in [0.15, 0.2) is 35.4 Å². The normalized spacial score (nSPS) is 10.3. The summed E-state index contributed by atoms with van der Waals surface area (Å²) in [6, 6.07) is 7.22. The van der Waals surface area contributed by atoms with E-state index < -0.39 is 0 Å². The van der Waals surface area contributed by atoms with Gasteiger partial charge < -0.3 is 5.32 Å². The largest absolute Gasteiger partial charge is 0.325 e. The second kappa shape index (κ2) is 5.69. The van der Waals surface area contributed by atoms with Crippen LogP contribution in [0.1, 0.15) is 16.8 Å². The molecule has 2 aromatic rings. The van der Waals surface area contributed by atoms with Crippen molar-refractivity contribution in [2.45, 2.75) is 27.3 Å². The summed E-state index contributed by atoms with van der Waals surface area (Å²) >= 11 is 0. The zero-order valence-electron chi connectivity index (χ0n) is 11.8. The van der Waals surface area contributed by atoms with Crippen LogP contribution in [0.4, 0.5) is 5.69 Å². The van der Waals surface area contributed by atoms with Gasteiger partial charge in [0.05, 0.1) is 6.33 Å². The second-order valence-electron chi connectivity index (χ2n) is 4.92. The van der Waals surface area contributed by atoms with Gasteiger partial charge in [0, 0.05) is 17.4 Å². The van der Waals surface area contributed by atoms with Crippen molar-refractivity contribution in [3.05, 3.63) is 57.8 Å². The number of carbonyl (C=O) groups excluding carboxylic acids is 1. The number of aryl methyl sites for hydroxylation is 3. The van der Waals surface area contributed by atoms with E-state index in [9.17, 15) is 9.59 Å². The van der Waals surface area contributed by atoms with Crippen molar-refractivity contribution in [1.82, 2.24) is 9.55 Å². The molecule has 0 spiro atoms. The third kappa shape index (κ3) is 3.54. The molecule has 5 heteroatoms. The Morgan fingerprint density at radius 3 is 2.40 bits per heavy atom. The molecule has 2 rings (SSSR count). The predicted octanol–water partition coefficient (Wildman–Crippen LogP) is 1.81. The van der Waals surface area contributed by atoms with Gasteiger partial charge in [-0.3, -0.25) is 14.2 Å². The highest BCUT2D eigenvalue weighted by molar-refractivity contribution is 5.90. The summed E-state index contributed by atoms with van der Waals surface area (Å²) in [7, 11) is 0. The average molecular weight is 271 g/mol. The molecule has 0 fully saturated rings. The number of carbonyl (C=O) groups is 1. The molecule has 0 radical (unpaired) electrons. The van der Waals surface area contributed by atoms with Crippen molar-refractivity contribution >= 4 is 11.6 Å². The van der Waals surface area contributed by atoms with E-state index in [2.05, 4.69) is 10.3 Å². The van der Waals surface area contributed by atoms with Gasteiger partial charge >= 0.3 is 0 Å². The molecule has 1 amide bonds. The Morgan fingerprint density at radius 2 is 1.80 bits per heavy atom. The summed E-state index contributed by atoms with van der Waals surface area (Å²) in [4.78, 5) is 27.6. The molecule has 104 valence electrons. The summed E-state index contributed by atoms with van der Waals surface area (Å²) in [5.74, 6) is -0.247. The Morgan fingerprint density at radius 1 is 1.15 bits per heavy atom. The quantitative estimate of drug-likeness (QED) is 0.926. The molecule has 1 heterocycles. The molecule has 0 aliphatic rings. The van der Waals surface area contributed by atoms with Gasteiger partial charge in [-0.05, 0) is 44.0 Å². The summed E-state index contributed by atoms with van der Waals surface area (Å²) in [5.41, 5.74) is 3.30. The van der Waals surface area contributed by atoms with Gasteiger partial charge in [0.15, 0.2) is 0 Å². The van der Waals surface area contributed by atoms with E-state index in [1.807, 2.05) is 32.0 Å². The predicted molar refractivity (Wildman–Crippen MR) is 77.8 cm³/mol. The van der Waals surface area contributed by atoms with E-state index in [0.29, 0.717) is 5.69 Å². The van der Waals surface area contributed by atoms with E-state index in [-0.39, 0.29) is 18.0 Å². The van der Waals surface area contributed by atoms with Gasteiger partial charge in [0.1, 0.15) is 6.54 Å². The van der Waals surface area contributed by atoms with Gasteiger partial charge in [-0.2, -0.15) is 0 Å². The molecule has 0 aliphatic carbocycles. The third-order valence-electron chi connectivity index (χ3n) is 2.84. The molecular weight excluding hydrogens is 254 g/mol. The van der Waals surface area contributed by atoms with Crippen LogP contribution in [0.5, 0.6) is 0 Å². The van der Waals surface area contributed by atoms with Crippen LogP contribution >= 0.6 is 0 Å². The lowest BCUT2D eigenvalue weighted by Crippen LogP contribution is -2.27. The maximum atomic E-state index is 11.9. The highest BCUT2D eigenvalue weighted by Gasteiger charge is 2.06. The fourth-order valence-electron chi connectivity index (χ4n) is 2.04. The Hall–Kier alpha value is -2.43. The average Bonchev–Trinajstić information content (AvgIpc) is 2.31. The van der Waals surface area contributed by atoms with Crippen LogP contribution in [0.2, 0.25) is 0 Å². The molecule has 1 N–H and O–H groups in total. The minimum atomic E-state index is -0.247. The van der Waals surface area contributed by atoms with Gasteiger partial charge in [0.25, 0.3) is 5.56 Å². The van der Waals surface area contributed by atoms with E-state index in [4.69, 9.17) is 0 Å². The van der Waals surface area contributed by atoms with Crippen LogP contribution in [-0.2, 0) is 11.3 Å². The SMILES string of the molecule is Cc1cc(C)cc(NC(=O)Cn2cnc(C)cc2=O)c1. The van der Waals surface area contributed by atoms with Crippen LogP contribution < -0.4 is 10.9 Å². The molecule has 20 heavy (non-hydrogen) atoms. The van der Waals surface area contributed by atoms with Crippen molar-refractivity contribution in [2.24, 2.45) is 0 Å². The lowest BCUT2D eigenvalue weighted by atomic mass is 10.1. The Bertz CT molecular complexity index is 684. The molecule has 0 saturated carbocycles. The molecule has 5 nitrogen and oxygen atoms in total. The highest BCUT2D eigenvalue weighted by Crippen LogP contribution is 2.13. The molecule has 0 bridgehead atoms. The van der Waals surface area contributed by atoms with Crippen molar-refractivity contribution in [2.75, 3.05) is 5.32 Å². The lowest BCUT2D eigenvalue weighted by molar-refractivity contribution is -0.116. The minimum Gasteiger partial charge on any atom is -0.325 e. The number of rotatable bonds is 3. The first kappa shape index (κ1) is 14.0. The Balaban J connectivity index is 2.11. The monoisotopic (exact) mass is 271 g/mol. The van der Waals surface area contributed by atoms with Crippen LogP contribution in [0.3, 0.4) is 0 Å². The van der Waals surface area contributed by atoms with Crippen molar-refractivity contribution in [3.63, 3.8) is 0 Å². The van der Waals surface area contributed by atoms with Crippen molar-refractivity contribution < 1.29 is 4.79 Å². The summed E-state index contributed by atoms with van der Waals surface area (Å²) in [6.45, 7) is 5.63. The minimum absolute atomic E-state index is 0.0426. The molecular formula is C15H17N3O2. The maximum absolute atomic E-state index is 11.9. The number of amides is 1. The van der Waals surface area contributed by atoms with Gasteiger partial charge in [-0.15, -0.1) is 0 Å². The smallest absolute Gasteiger partial charge is 0.253 e. The summed E-state index contributed by atoms with van der Waals surface area (Å²) in [5, 5.41) is 2.79. The first-order valence-corrected chi connectivity index (χ1v) is 6.35. The fourth-order valence-corrected chi connectivity index (χ4v) is 2.04. The second-order valence-corrected chi connectivity index (χ2v) is 4.92. The number of anilines is 1. The number of hydrogen-bond donors (Lipinski definition) is 1. The highest BCUT2D eigenvalue weighted by atomic mass is 16.2. The topological polar surface area (TPSA) is 64.0 Å². The van der Waals surface area contributed by atoms with Gasteiger partial charge in [-0.1, -0.05) is 6.07 Å². The number of aromatic nitrogens is 2. The number of nitrogens with zero attached hydrogens (tertiary/aromatic N) is 2. The molecule has 0 aliphatic heterocycles. The standard InChI is InChI=1S/C15H17N3O2/c1-10-4-11(2)6-13(5-10)17-14(19)8-18-9-16-12(3)7-15(18)20/h4-7,9H,8H2,1-3H3,(H,17,19). The molecule has 1 aromatic carbocycles. The van der Waals surface area contributed by atoms with E-state index in [0.717, 1.165) is 16.8 Å². The fraction of sp³-hybridized carbons (Fsp3) is 0.267. The summed E-state index contributed by atoms with van der Waals surface area (Å²) < 4.78 is 1.28. The Kier molecular flexibility index (Phi) is 3.98. The molecule has 0 unspecified atom stereocenters. The Labute approximate surface area is 117 Å². The molecule has 1 aromatic heterocycles. The van der Waals surface area contributed by atoms with E-state index >= 15 is 0 Å². The zero-order chi connectivity index (χ0) is 14.7. The first-order chi connectivity index (χ1) is 9.44. The van der Waals surface area contributed by atoms with Crippen LogP contribution in [0, 0.1) is 20.8 Å². The molecule has 0 atom stereocenters. The molecule has 0 saturated heterocycles. The number of hydrogen-bond acceptors (Lipinski definition) is 3. The van der Waals surface area contributed by atoms with Crippen molar-refractivity contribution in [1.29, 1.82) is 0 Å². The maximum Gasteiger partial charge on any atom is 0.253 e. The lowest BCUT2D eigenvalue weighted by Gasteiger charge is -2.09. The zero-order valence-corrected chi connectivity index (χ0v) is 11.8. The van der Waals surface area contributed by atoms with Crippen LogP contribution in [-0.4, -0.2) is 15.5 Å². The third-order valence-corrected chi connectivity index (χ3v) is 2.84. The summed E-state index contributed by atoms with van der Waals surface area (Å²) in [6.07, 6.45) is 1.39. The van der Waals surface area contributed by atoms with Gasteiger partial charge in [-0.25, -0.2) is 4.98 Å². The number of benzene rings is 1. The first-order valence-electron chi connectivity index (χ1n) is 6.35. The van der Waals surface area contributed by atoms with Crippen molar-refractivity contribution in [3.8, 4) is 0 Å². The van der Waals surface area contributed by atoms with E-state index in [1.54, 1.807) is 6.92 Å². The van der Waals surface area contributed by atoms with Crippen LogP contribution in [0.25, 0.3) is 0 Å². The van der Waals surface area contributed by atoms with E-state index in [1.165, 1.54) is 17.0 Å².